The second-order valence-electron chi connectivity index (χ2n) is 3.31. The first-order valence-corrected chi connectivity index (χ1v) is 5.65. The van der Waals surface area contributed by atoms with Crippen LogP contribution in [-0.4, -0.2) is 9.55 Å². The Morgan fingerprint density at radius 1 is 1.50 bits per heavy atom. The van der Waals surface area contributed by atoms with Crippen LogP contribution in [-0.2, 0) is 6.54 Å². The quantitative estimate of drug-likeness (QED) is 0.819. The topological polar surface area (TPSA) is 17.8 Å². The lowest BCUT2D eigenvalue weighted by Crippen LogP contribution is -2.01. The van der Waals surface area contributed by atoms with Crippen molar-refractivity contribution in [3.63, 3.8) is 0 Å². The largest absolute Gasteiger partial charge is 0.322 e. The van der Waals surface area contributed by atoms with Gasteiger partial charge in [-0.2, -0.15) is 0 Å². The molecule has 1 saturated carbocycles. The number of aromatic nitrogens is 2. The summed E-state index contributed by atoms with van der Waals surface area (Å²) in [5, 5.41) is 0. The van der Waals surface area contributed by atoms with Crippen LogP contribution in [0.1, 0.15) is 18.5 Å². The van der Waals surface area contributed by atoms with Gasteiger partial charge in [0.1, 0.15) is 4.60 Å². The average molecular weight is 294 g/mol. The van der Waals surface area contributed by atoms with Gasteiger partial charge in [0.25, 0.3) is 0 Å². The lowest BCUT2D eigenvalue weighted by Gasteiger charge is -2.04. The van der Waals surface area contributed by atoms with Crippen molar-refractivity contribution < 1.29 is 0 Å². The maximum atomic E-state index is 4.29. The molecule has 1 aromatic rings. The molecule has 2 nitrogen and oxygen atoms in total. The molecule has 0 N–H and O–H groups in total. The lowest BCUT2D eigenvalue weighted by atomic mass is 10.4. The monoisotopic (exact) mass is 292 g/mol. The second kappa shape index (κ2) is 3.14. The third-order valence-corrected chi connectivity index (χ3v) is 3.61. The number of halogens is 2. The van der Waals surface area contributed by atoms with Crippen LogP contribution in [0.2, 0.25) is 0 Å². The first kappa shape index (κ1) is 8.75. The van der Waals surface area contributed by atoms with Gasteiger partial charge < -0.3 is 4.57 Å². The Morgan fingerprint density at radius 2 is 2.17 bits per heavy atom. The Morgan fingerprint density at radius 3 is 2.58 bits per heavy atom. The first-order chi connectivity index (χ1) is 5.68. The van der Waals surface area contributed by atoms with Gasteiger partial charge in [0.15, 0.2) is 4.73 Å². The van der Waals surface area contributed by atoms with Crippen LogP contribution in [0.4, 0.5) is 0 Å². The molecular weight excluding hydrogens is 284 g/mol. The molecular formula is C8H10Br2N2. The van der Waals surface area contributed by atoms with Gasteiger partial charge in [-0.1, -0.05) is 0 Å². The van der Waals surface area contributed by atoms with Gasteiger partial charge in [-0.3, -0.25) is 0 Å². The summed E-state index contributed by atoms with van der Waals surface area (Å²) in [5.41, 5.74) is 1.22. The van der Waals surface area contributed by atoms with Crippen LogP contribution in [0.5, 0.6) is 0 Å². The van der Waals surface area contributed by atoms with Gasteiger partial charge in [-0.15, -0.1) is 0 Å². The van der Waals surface area contributed by atoms with Gasteiger partial charge in [0.05, 0.1) is 0 Å². The van der Waals surface area contributed by atoms with Crippen molar-refractivity contribution in [3.8, 4) is 0 Å². The van der Waals surface area contributed by atoms with Crippen LogP contribution in [0, 0.1) is 12.8 Å². The van der Waals surface area contributed by atoms with Crippen molar-refractivity contribution in [3.05, 3.63) is 15.0 Å². The van der Waals surface area contributed by atoms with Crippen LogP contribution < -0.4 is 0 Å². The van der Waals surface area contributed by atoms with Crippen molar-refractivity contribution in [2.24, 2.45) is 5.92 Å². The predicted octanol–water partition coefficient (Wildman–Crippen LogP) is 3.13. The fourth-order valence-corrected chi connectivity index (χ4v) is 2.45. The number of rotatable bonds is 2. The fourth-order valence-electron chi connectivity index (χ4n) is 1.24. The van der Waals surface area contributed by atoms with Crippen molar-refractivity contribution in [2.45, 2.75) is 26.3 Å². The second-order valence-corrected chi connectivity index (χ2v) is 4.77. The van der Waals surface area contributed by atoms with Crippen LogP contribution in [0.25, 0.3) is 0 Å². The normalized spacial score (nSPS) is 16.9. The first-order valence-electron chi connectivity index (χ1n) is 4.06. The number of nitrogens with zero attached hydrogens (tertiary/aromatic N) is 2. The molecule has 0 saturated heterocycles. The van der Waals surface area contributed by atoms with E-state index in [1.807, 2.05) is 0 Å². The van der Waals surface area contributed by atoms with E-state index >= 15 is 0 Å². The Bertz CT molecular complexity index is 302. The van der Waals surface area contributed by atoms with E-state index in [1.54, 1.807) is 0 Å². The molecule has 0 atom stereocenters. The van der Waals surface area contributed by atoms with E-state index < -0.39 is 0 Å². The molecule has 0 amide bonds. The summed E-state index contributed by atoms with van der Waals surface area (Å²) < 4.78 is 4.12. The molecule has 0 radical (unpaired) electrons. The molecule has 1 heterocycles. The molecule has 1 aromatic heterocycles. The molecule has 0 aliphatic heterocycles. The summed E-state index contributed by atoms with van der Waals surface area (Å²) >= 11 is 6.86. The Balaban J connectivity index is 2.26. The molecule has 4 heteroatoms. The van der Waals surface area contributed by atoms with E-state index in [-0.39, 0.29) is 0 Å². The molecule has 0 unspecified atom stereocenters. The molecule has 2 rings (SSSR count). The van der Waals surface area contributed by atoms with E-state index in [1.165, 1.54) is 18.5 Å². The zero-order valence-electron chi connectivity index (χ0n) is 6.85. The minimum absolute atomic E-state index is 0.890. The SMILES string of the molecule is Cc1c(Br)nc(Br)n1CC1CC1. The van der Waals surface area contributed by atoms with Crippen molar-refractivity contribution in [1.82, 2.24) is 9.55 Å². The summed E-state index contributed by atoms with van der Waals surface area (Å²) in [4.78, 5) is 4.29. The van der Waals surface area contributed by atoms with Crippen molar-refractivity contribution in [1.29, 1.82) is 0 Å². The molecule has 1 aliphatic rings. The summed E-state index contributed by atoms with van der Waals surface area (Å²) in [6.07, 6.45) is 2.75. The fraction of sp³-hybridized carbons (Fsp3) is 0.625. The Kier molecular flexibility index (Phi) is 2.29. The highest BCUT2D eigenvalue weighted by Crippen LogP contribution is 2.33. The summed E-state index contributed by atoms with van der Waals surface area (Å²) in [5.74, 6) is 0.890. The number of hydrogen-bond acceptors (Lipinski definition) is 1. The Labute approximate surface area is 88.6 Å². The van der Waals surface area contributed by atoms with E-state index in [2.05, 4.69) is 48.3 Å². The van der Waals surface area contributed by atoms with Crippen molar-refractivity contribution in [2.75, 3.05) is 0 Å². The zero-order chi connectivity index (χ0) is 8.72. The Hall–Kier alpha value is 0.170. The summed E-state index contributed by atoms with van der Waals surface area (Å²) in [6, 6.07) is 0. The minimum Gasteiger partial charge on any atom is -0.322 e. The number of imidazole rings is 1. The predicted molar refractivity (Wildman–Crippen MR) is 55.1 cm³/mol. The molecule has 0 aromatic carbocycles. The van der Waals surface area contributed by atoms with Crippen molar-refractivity contribution >= 4 is 31.9 Å². The molecule has 1 aliphatic carbocycles. The lowest BCUT2D eigenvalue weighted by molar-refractivity contribution is 0.601. The highest BCUT2D eigenvalue weighted by molar-refractivity contribution is 9.11. The zero-order valence-corrected chi connectivity index (χ0v) is 10.0. The third kappa shape index (κ3) is 1.59. The standard InChI is InChI=1S/C8H10Br2N2/c1-5-7(9)11-8(10)12(5)4-6-2-3-6/h6H,2-4H2,1H3. The van der Waals surface area contributed by atoms with Gasteiger partial charge >= 0.3 is 0 Å². The van der Waals surface area contributed by atoms with Crippen LogP contribution in [0.15, 0.2) is 9.34 Å². The van der Waals surface area contributed by atoms with E-state index in [4.69, 9.17) is 0 Å². The molecule has 0 bridgehead atoms. The van der Waals surface area contributed by atoms with Crippen LogP contribution >= 0.6 is 31.9 Å². The molecule has 12 heavy (non-hydrogen) atoms. The molecule has 0 spiro atoms. The maximum Gasteiger partial charge on any atom is 0.178 e. The van der Waals surface area contributed by atoms with Crippen LogP contribution in [0.3, 0.4) is 0 Å². The summed E-state index contributed by atoms with van der Waals surface area (Å²) in [7, 11) is 0. The minimum atomic E-state index is 0.890. The molecule has 66 valence electrons. The third-order valence-electron chi connectivity index (χ3n) is 2.25. The van der Waals surface area contributed by atoms with Gasteiger partial charge in [0.2, 0.25) is 0 Å². The smallest absolute Gasteiger partial charge is 0.178 e. The average Bonchev–Trinajstić information content (AvgIpc) is 2.77. The molecule has 1 fully saturated rings. The maximum absolute atomic E-state index is 4.29. The van der Waals surface area contributed by atoms with Gasteiger partial charge in [0, 0.05) is 12.2 Å². The highest BCUT2D eigenvalue weighted by Gasteiger charge is 2.23. The van der Waals surface area contributed by atoms with E-state index in [9.17, 15) is 0 Å². The number of hydrogen-bond donors (Lipinski definition) is 0. The summed E-state index contributed by atoms with van der Waals surface area (Å²) in [6.45, 7) is 3.20. The van der Waals surface area contributed by atoms with Gasteiger partial charge in [-0.05, 0) is 57.5 Å². The van der Waals surface area contributed by atoms with E-state index in [0.717, 1.165) is 21.8 Å². The highest BCUT2D eigenvalue weighted by atomic mass is 79.9. The van der Waals surface area contributed by atoms with E-state index in [0.29, 0.717) is 0 Å². The van der Waals surface area contributed by atoms with Gasteiger partial charge in [-0.25, -0.2) is 4.98 Å².